The number of amides is 2. The van der Waals surface area contributed by atoms with Crippen molar-refractivity contribution in [1.29, 1.82) is 0 Å². The zero-order chi connectivity index (χ0) is 25.4. The number of hydrogen-bond donors (Lipinski definition) is 3. The van der Waals surface area contributed by atoms with Crippen molar-refractivity contribution in [3.63, 3.8) is 0 Å². The molecule has 0 aromatic heterocycles. The Kier molecular flexibility index (Phi) is 8.16. The Bertz CT molecular complexity index is 1290. The number of ether oxygens (including phenoxy) is 3. The van der Waals surface area contributed by atoms with Crippen LogP contribution < -0.4 is 29.8 Å². The van der Waals surface area contributed by atoms with E-state index in [0.717, 1.165) is 0 Å². The molecule has 0 aliphatic heterocycles. The Hall–Kier alpha value is -4.25. The third-order valence-electron chi connectivity index (χ3n) is 4.79. The highest BCUT2D eigenvalue weighted by Crippen LogP contribution is 2.24. The van der Waals surface area contributed by atoms with Crippen molar-refractivity contribution in [2.24, 2.45) is 0 Å². The van der Waals surface area contributed by atoms with Gasteiger partial charge in [-0.1, -0.05) is 0 Å². The number of benzene rings is 3. The largest absolute Gasteiger partial charge is 0.497 e. The van der Waals surface area contributed by atoms with E-state index in [1.165, 1.54) is 56.7 Å². The fraction of sp³-hybridized carbons (Fsp3) is 0.167. The number of hydrazine groups is 1. The van der Waals surface area contributed by atoms with E-state index in [-0.39, 0.29) is 27.5 Å². The second-order valence-corrected chi connectivity index (χ2v) is 8.74. The van der Waals surface area contributed by atoms with Crippen LogP contribution in [0.25, 0.3) is 0 Å². The van der Waals surface area contributed by atoms with Crippen LogP contribution in [0.15, 0.2) is 71.6 Å². The predicted octanol–water partition coefficient (Wildman–Crippen LogP) is 2.98. The summed E-state index contributed by atoms with van der Waals surface area (Å²) >= 11 is 0. The first-order chi connectivity index (χ1) is 16.8. The van der Waals surface area contributed by atoms with Gasteiger partial charge >= 0.3 is 0 Å². The maximum Gasteiger partial charge on any atom is 0.273 e. The monoisotopic (exact) mass is 499 g/mol. The van der Waals surface area contributed by atoms with Crippen molar-refractivity contribution >= 4 is 27.5 Å². The number of carbonyl (C=O) groups excluding carboxylic acids is 2. The quantitative estimate of drug-likeness (QED) is 0.386. The maximum absolute atomic E-state index is 12.6. The summed E-state index contributed by atoms with van der Waals surface area (Å²) in [4.78, 5) is 24.9. The maximum atomic E-state index is 12.6. The van der Waals surface area contributed by atoms with Crippen LogP contribution in [0.4, 0.5) is 5.69 Å². The van der Waals surface area contributed by atoms with Gasteiger partial charge in [0.15, 0.2) is 0 Å². The molecule has 0 unspecified atom stereocenters. The van der Waals surface area contributed by atoms with E-state index in [4.69, 9.17) is 14.2 Å². The number of rotatable bonds is 9. The zero-order valence-electron chi connectivity index (χ0n) is 19.3. The molecule has 35 heavy (non-hydrogen) atoms. The summed E-state index contributed by atoms with van der Waals surface area (Å²) in [5.41, 5.74) is 5.30. The molecule has 3 rings (SSSR count). The van der Waals surface area contributed by atoms with Crippen LogP contribution >= 0.6 is 0 Å². The third kappa shape index (κ3) is 6.42. The first kappa shape index (κ1) is 25.4. The lowest BCUT2D eigenvalue weighted by Gasteiger charge is -2.12. The van der Waals surface area contributed by atoms with Crippen LogP contribution in [0.1, 0.15) is 27.6 Å². The average Bonchev–Trinajstić information content (AvgIpc) is 2.87. The van der Waals surface area contributed by atoms with Gasteiger partial charge in [0.25, 0.3) is 21.8 Å². The molecule has 0 aliphatic carbocycles. The normalized spacial score (nSPS) is 10.7. The fourth-order valence-corrected chi connectivity index (χ4v) is 4.08. The fourth-order valence-electron chi connectivity index (χ4n) is 3.02. The van der Waals surface area contributed by atoms with Crippen LogP contribution in [-0.2, 0) is 10.0 Å². The first-order valence-corrected chi connectivity index (χ1v) is 11.9. The molecule has 0 aliphatic rings. The Morgan fingerprint density at radius 3 is 2.03 bits per heavy atom. The molecule has 10 nitrogen and oxygen atoms in total. The SMILES string of the molecule is CCOc1ccc(S(=O)(=O)Nc2ccc(C(=O)NNC(=O)c3ccc(OC)cc3OC)cc2)cc1. The number of carbonyl (C=O) groups is 2. The molecular formula is C24H25N3O7S. The number of nitrogens with one attached hydrogen (secondary N) is 3. The lowest BCUT2D eigenvalue weighted by Crippen LogP contribution is -2.41. The molecule has 3 N–H and O–H groups in total. The van der Waals surface area contributed by atoms with E-state index in [1.807, 2.05) is 6.92 Å². The van der Waals surface area contributed by atoms with E-state index in [0.29, 0.717) is 18.1 Å². The highest BCUT2D eigenvalue weighted by Gasteiger charge is 2.16. The summed E-state index contributed by atoms with van der Waals surface area (Å²) in [6.07, 6.45) is 0. The highest BCUT2D eigenvalue weighted by atomic mass is 32.2. The molecule has 0 heterocycles. The second-order valence-electron chi connectivity index (χ2n) is 7.06. The molecule has 0 bridgehead atoms. The van der Waals surface area contributed by atoms with Gasteiger partial charge in [-0.2, -0.15) is 0 Å². The molecule has 0 fully saturated rings. The highest BCUT2D eigenvalue weighted by molar-refractivity contribution is 7.92. The van der Waals surface area contributed by atoms with Crippen molar-refractivity contribution in [2.75, 3.05) is 25.5 Å². The van der Waals surface area contributed by atoms with Gasteiger partial charge in [-0.15, -0.1) is 0 Å². The molecule has 184 valence electrons. The summed E-state index contributed by atoms with van der Waals surface area (Å²) in [6, 6.07) is 16.4. The van der Waals surface area contributed by atoms with Crippen LogP contribution in [0.2, 0.25) is 0 Å². The van der Waals surface area contributed by atoms with Gasteiger partial charge in [0.2, 0.25) is 0 Å². The minimum atomic E-state index is -3.83. The molecule has 3 aromatic carbocycles. The van der Waals surface area contributed by atoms with Gasteiger partial charge in [0.05, 0.1) is 31.3 Å². The minimum Gasteiger partial charge on any atom is -0.497 e. The summed E-state index contributed by atoms with van der Waals surface area (Å²) in [6.45, 7) is 2.31. The van der Waals surface area contributed by atoms with E-state index in [1.54, 1.807) is 24.3 Å². The topological polar surface area (TPSA) is 132 Å². The van der Waals surface area contributed by atoms with E-state index < -0.39 is 21.8 Å². The minimum absolute atomic E-state index is 0.0689. The van der Waals surface area contributed by atoms with Crippen molar-refractivity contribution < 1.29 is 32.2 Å². The van der Waals surface area contributed by atoms with Crippen molar-refractivity contribution in [3.8, 4) is 17.2 Å². The van der Waals surface area contributed by atoms with Gasteiger partial charge in [-0.3, -0.25) is 25.2 Å². The van der Waals surface area contributed by atoms with Gasteiger partial charge < -0.3 is 14.2 Å². The Morgan fingerprint density at radius 2 is 1.43 bits per heavy atom. The molecule has 0 atom stereocenters. The van der Waals surface area contributed by atoms with E-state index >= 15 is 0 Å². The Balaban J connectivity index is 1.61. The van der Waals surface area contributed by atoms with Gasteiger partial charge in [-0.05, 0) is 67.6 Å². The Morgan fingerprint density at radius 1 is 0.800 bits per heavy atom. The Labute approximate surface area is 203 Å². The molecule has 2 amide bonds. The van der Waals surface area contributed by atoms with Crippen molar-refractivity contribution in [3.05, 3.63) is 77.9 Å². The van der Waals surface area contributed by atoms with E-state index in [9.17, 15) is 18.0 Å². The van der Waals surface area contributed by atoms with Crippen LogP contribution in [0, 0.1) is 0 Å². The molecule has 0 saturated carbocycles. The molecular weight excluding hydrogens is 474 g/mol. The van der Waals surface area contributed by atoms with Crippen molar-refractivity contribution in [2.45, 2.75) is 11.8 Å². The van der Waals surface area contributed by atoms with Crippen molar-refractivity contribution in [1.82, 2.24) is 10.9 Å². The summed E-state index contributed by atoms with van der Waals surface area (Å²) < 4.78 is 43.2. The number of sulfonamides is 1. The standard InChI is InChI=1S/C24H25N3O7S/c1-4-34-18-9-12-20(13-10-18)35(30,31)27-17-7-5-16(6-8-17)23(28)25-26-24(29)21-14-11-19(32-2)15-22(21)33-3/h5-15,27H,4H2,1-3H3,(H,25,28)(H,26,29). The molecule has 0 saturated heterocycles. The van der Waals surface area contributed by atoms with Crippen LogP contribution in [0.5, 0.6) is 17.2 Å². The lowest BCUT2D eigenvalue weighted by molar-refractivity contribution is 0.0845. The van der Waals surface area contributed by atoms with Gasteiger partial charge in [0, 0.05) is 17.3 Å². The summed E-state index contributed by atoms with van der Waals surface area (Å²) in [5.74, 6) is 0.185. The average molecular weight is 500 g/mol. The van der Waals surface area contributed by atoms with Crippen LogP contribution in [0.3, 0.4) is 0 Å². The smallest absolute Gasteiger partial charge is 0.273 e. The predicted molar refractivity (Wildman–Crippen MR) is 129 cm³/mol. The van der Waals surface area contributed by atoms with Gasteiger partial charge in [0.1, 0.15) is 17.2 Å². The molecule has 3 aromatic rings. The molecule has 11 heteroatoms. The van der Waals surface area contributed by atoms with Gasteiger partial charge in [-0.25, -0.2) is 8.42 Å². The zero-order valence-corrected chi connectivity index (χ0v) is 20.1. The first-order valence-electron chi connectivity index (χ1n) is 10.5. The number of methoxy groups -OCH3 is 2. The second kappa shape index (κ2) is 11.3. The third-order valence-corrected chi connectivity index (χ3v) is 6.18. The number of anilines is 1. The van der Waals surface area contributed by atoms with Crippen LogP contribution in [-0.4, -0.2) is 41.1 Å². The van der Waals surface area contributed by atoms with E-state index in [2.05, 4.69) is 15.6 Å². The lowest BCUT2D eigenvalue weighted by atomic mass is 10.2. The molecule has 0 spiro atoms. The summed E-state index contributed by atoms with van der Waals surface area (Å²) in [7, 11) is -0.922. The number of hydrogen-bond acceptors (Lipinski definition) is 7. The summed E-state index contributed by atoms with van der Waals surface area (Å²) in [5, 5.41) is 0. The molecule has 0 radical (unpaired) electrons.